The summed E-state index contributed by atoms with van der Waals surface area (Å²) in [6.07, 6.45) is 10.4. The zero-order valence-electron chi connectivity index (χ0n) is 20.5. The number of nitrogens with zero attached hydrogens (tertiary/aromatic N) is 2. The second-order valence-corrected chi connectivity index (χ2v) is 10.8. The molecule has 1 atom stereocenters. The van der Waals surface area contributed by atoms with Gasteiger partial charge in [0.1, 0.15) is 13.1 Å². The van der Waals surface area contributed by atoms with Crippen LogP contribution in [0.4, 0.5) is 0 Å². The second kappa shape index (κ2) is 11.3. The van der Waals surface area contributed by atoms with E-state index in [-0.39, 0.29) is 34.8 Å². The predicted octanol–water partition coefficient (Wildman–Crippen LogP) is 1.64. The molecule has 0 amide bonds. The molecule has 1 saturated carbocycles. The number of rotatable bonds is 7. The Hall–Kier alpha value is -2.05. The van der Waals surface area contributed by atoms with Crippen LogP contribution in [0.25, 0.3) is 0 Å². The molecule has 35 heavy (non-hydrogen) atoms. The highest BCUT2D eigenvalue weighted by molar-refractivity contribution is 5.83. The van der Waals surface area contributed by atoms with Crippen LogP contribution in [0, 0.1) is 5.92 Å². The number of ketones is 1. The monoisotopic (exact) mass is 540 g/mol. The fourth-order valence-corrected chi connectivity index (χ4v) is 6.66. The van der Waals surface area contributed by atoms with Crippen molar-refractivity contribution in [1.29, 1.82) is 0 Å². The van der Waals surface area contributed by atoms with E-state index in [1.54, 1.807) is 6.20 Å². The lowest BCUT2D eigenvalue weighted by Crippen LogP contribution is -3.00. The molecular formula is C29H37BrN2O3. The van der Waals surface area contributed by atoms with E-state index in [0.29, 0.717) is 18.9 Å². The molecule has 4 heterocycles. The van der Waals surface area contributed by atoms with Gasteiger partial charge in [0.2, 0.25) is 0 Å². The van der Waals surface area contributed by atoms with Crippen LogP contribution in [0.5, 0.6) is 0 Å². The summed E-state index contributed by atoms with van der Waals surface area (Å²) in [5.74, 6) is 0.624. The van der Waals surface area contributed by atoms with Crippen LogP contribution in [0.1, 0.15) is 62.6 Å². The summed E-state index contributed by atoms with van der Waals surface area (Å²) in [7, 11) is 0. The van der Waals surface area contributed by atoms with E-state index in [2.05, 4.69) is 17.1 Å². The molecule has 0 spiro atoms. The minimum Gasteiger partial charge on any atom is -1.00 e. The number of hydrogen-bond donors (Lipinski definition) is 0. The Balaban J connectivity index is 0.00000289. The van der Waals surface area contributed by atoms with Crippen molar-refractivity contribution in [3.8, 4) is 0 Å². The average molecular weight is 542 g/mol. The maximum atomic E-state index is 13.9. The number of hydrogen-bond acceptors (Lipinski definition) is 4. The van der Waals surface area contributed by atoms with Crippen LogP contribution in [0.3, 0.4) is 0 Å². The minimum atomic E-state index is -0.524. The molecule has 6 rings (SSSR count). The molecule has 0 unspecified atom stereocenters. The third kappa shape index (κ3) is 5.69. The van der Waals surface area contributed by atoms with Crippen LogP contribution >= 0.6 is 0 Å². The van der Waals surface area contributed by atoms with Crippen LogP contribution < -0.4 is 17.0 Å². The fraction of sp³-hybridized carbons (Fsp3) is 0.552. The van der Waals surface area contributed by atoms with Crippen LogP contribution in [-0.4, -0.2) is 53.5 Å². The highest BCUT2D eigenvalue weighted by atomic mass is 79.9. The summed E-state index contributed by atoms with van der Waals surface area (Å²) in [5.41, 5.74) is 1.42. The quantitative estimate of drug-likeness (QED) is 0.304. The van der Waals surface area contributed by atoms with Crippen molar-refractivity contribution in [1.82, 2.24) is 4.98 Å². The average Bonchev–Trinajstić information content (AvgIpc) is 3.13. The highest BCUT2D eigenvalue weighted by Gasteiger charge is 2.50. The maximum absolute atomic E-state index is 13.9. The van der Waals surface area contributed by atoms with Gasteiger partial charge in [0.25, 0.3) is 0 Å². The van der Waals surface area contributed by atoms with Gasteiger partial charge in [-0.25, -0.2) is 0 Å². The lowest BCUT2D eigenvalue weighted by Gasteiger charge is -2.52. The van der Waals surface area contributed by atoms with Crippen molar-refractivity contribution in [3.05, 3.63) is 66.0 Å². The molecule has 0 radical (unpaired) electrons. The molecule has 1 aliphatic carbocycles. The molecular weight excluding hydrogens is 504 g/mol. The molecule has 4 aliphatic rings. The van der Waals surface area contributed by atoms with E-state index in [0.717, 1.165) is 73.9 Å². The number of benzene rings is 1. The van der Waals surface area contributed by atoms with Gasteiger partial charge in [-0.15, -0.1) is 0 Å². The molecule has 0 N–H and O–H groups in total. The molecule has 1 aromatic carbocycles. The number of fused-ring (bicyclic) bond motifs is 3. The van der Waals surface area contributed by atoms with Gasteiger partial charge >= 0.3 is 5.97 Å². The maximum Gasteiger partial charge on any atom is 0.317 e. The van der Waals surface area contributed by atoms with E-state index in [4.69, 9.17) is 4.74 Å². The Labute approximate surface area is 219 Å². The number of carbonyl (C=O) groups is 2. The molecule has 3 aliphatic heterocycles. The number of aromatic nitrogens is 1. The van der Waals surface area contributed by atoms with E-state index in [9.17, 15) is 9.59 Å². The van der Waals surface area contributed by atoms with Gasteiger partial charge in [-0.2, -0.15) is 0 Å². The SMILES string of the molecule is O=C(Cc1ccccn1)C[N+]12CCC(CC1)[C@@H](OC(=O)C1(c3ccccc3)CCCCCC1)C2.[Br-]. The van der Waals surface area contributed by atoms with E-state index >= 15 is 0 Å². The summed E-state index contributed by atoms with van der Waals surface area (Å²) in [4.78, 5) is 31.2. The number of ether oxygens (including phenoxy) is 1. The first-order chi connectivity index (χ1) is 16.6. The first-order valence-electron chi connectivity index (χ1n) is 13.1. The number of piperidine rings is 3. The fourth-order valence-electron chi connectivity index (χ4n) is 6.66. The van der Waals surface area contributed by atoms with Crippen molar-refractivity contribution in [2.24, 2.45) is 5.92 Å². The Morgan fingerprint density at radius 1 is 0.943 bits per heavy atom. The van der Waals surface area contributed by atoms with Gasteiger partial charge in [-0.3, -0.25) is 14.6 Å². The topological polar surface area (TPSA) is 56.3 Å². The number of Topliss-reactive ketones (excluding diaryl/α,β-unsaturated/α-hetero) is 1. The third-order valence-corrected chi connectivity index (χ3v) is 8.59. The van der Waals surface area contributed by atoms with Gasteiger partial charge < -0.3 is 26.2 Å². The number of carbonyl (C=O) groups excluding carboxylic acids is 2. The van der Waals surface area contributed by atoms with Crippen LogP contribution in [0.2, 0.25) is 0 Å². The number of esters is 1. The zero-order chi connectivity index (χ0) is 23.4. The third-order valence-electron chi connectivity index (χ3n) is 8.59. The highest BCUT2D eigenvalue weighted by Crippen LogP contribution is 2.42. The summed E-state index contributed by atoms with van der Waals surface area (Å²) < 4.78 is 7.19. The molecule has 188 valence electrons. The zero-order valence-corrected chi connectivity index (χ0v) is 22.1. The summed E-state index contributed by atoms with van der Waals surface area (Å²) >= 11 is 0. The van der Waals surface area contributed by atoms with Gasteiger partial charge in [-0.05, 0) is 30.5 Å². The molecule has 4 fully saturated rings. The van der Waals surface area contributed by atoms with Gasteiger partial charge in [0.05, 0.1) is 24.9 Å². The Bertz CT molecular complexity index is 982. The largest absolute Gasteiger partial charge is 1.00 e. The summed E-state index contributed by atoms with van der Waals surface area (Å²) in [5, 5.41) is 0. The number of pyridine rings is 1. The van der Waals surface area contributed by atoms with Gasteiger partial charge in [0, 0.05) is 30.7 Å². The van der Waals surface area contributed by atoms with E-state index in [1.165, 1.54) is 12.8 Å². The Morgan fingerprint density at radius 2 is 1.63 bits per heavy atom. The van der Waals surface area contributed by atoms with E-state index < -0.39 is 5.41 Å². The van der Waals surface area contributed by atoms with Crippen LogP contribution in [-0.2, 0) is 26.2 Å². The van der Waals surface area contributed by atoms with Crippen molar-refractivity contribution in [2.75, 3.05) is 26.2 Å². The Morgan fingerprint density at radius 3 is 2.29 bits per heavy atom. The molecule has 1 aromatic heterocycles. The lowest BCUT2D eigenvalue weighted by atomic mass is 9.74. The number of quaternary nitrogens is 1. The molecule has 6 heteroatoms. The van der Waals surface area contributed by atoms with Crippen molar-refractivity contribution in [2.45, 2.75) is 69.3 Å². The predicted molar refractivity (Wildman–Crippen MR) is 131 cm³/mol. The number of halogens is 1. The minimum absolute atomic E-state index is 0. The summed E-state index contributed by atoms with van der Waals surface area (Å²) in [6.45, 7) is 3.31. The van der Waals surface area contributed by atoms with Gasteiger partial charge in [0.15, 0.2) is 11.9 Å². The van der Waals surface area contributed by atoms with Crippen molar-refractivity contribution in [3.63, 3.8) is 0 Å². The smallest absolute Gasteiger partial charge is 0.317 e. The second-order valence-electron chi connectivity index (χ2n) is 10.8. The molecule has 5 nitrogen and oxygen atoms in total. The van der Waals surface area contributed by atoms with Crippen molar-refractivity contribution < 1.29 is 35.8 Å². The normalized spacial score (nSPS) is 27.3. The first-order valence-corrected chi connectivity index (χ1v) is 13.1. The summed E-state index contributed by atoms with van der Waals surface area (Å²) in [6, 6.07) is 16.0. The standard InChI is InChI=1S/C29H37N2O3.BrH/c32-26(20-25-12-6-9-17-30-25)21-31-18-13-23(14-19-31)27(22-31)34-28(33)29(15-7-1-2-8-16-29)24-10-4-3-5-11-24;/h3-6,9-12,17,23,27H,1-2,7-8,13-16,18-22H2;1H/q+1;/p-1/t23?,27-,31?;/m0./s1. The van der Waals surface area contributed by atoms with Gasteiger partial charge in [-0.1, -0.05) is 62.1 Å². The van der Waals surface area contributed by atoms with E-state index in [1.807, 2.05) is 36.4 Å². The van der Waals surface area contributed by atoms with Crippen molar-refractivity contribution >= 4 is 11.8 Å². The lowest BCUT2D eigenvalue weighted by molar-refractivity contribution is -0.939. The Kier molecular flexibility index (Phi) is 8.43. The van der Waals surface area contributed by atoms with Crippen LogP contribution in [0.15, 0.2) is 54.7 Å². The molecule has 3 saturated heterocycles. The molecule has 2 bridgehead atoms. The molecule has 2 aromatic rings. The first kappa shape index (κ1) is 26.0.